The summed E-state index contributed by atoms with van der Waals surface area (Å²) in [6.45, 7) is 3.20. The van der Waals surface area contributed by atoms with Crippen molar-refractivity contribution < 1.29 is 34.2 Å². The van der Waals surface area contributed by atoms with E-state index in [9.17, 15) is 29.1 Å². The Morgan fingerprint density at radius 1 is 0.939 bits per heavy atom. The molecular formula is C19H35N7O7. The highest BCUT2D eigenvalue weighted by Gasteiger charge is 2.31. The minimum atomic E-state index is -1.34. The van der Waals surface area contributed by atoms with Gasteiger partial charge in [-0.2, -0.15) is 0 Å². The molecule has 33 heavy (non-hydrogen) atoms. The molecule has 0 aromatic heterocycles. The minimum Gasteiger partial charge on any atom is -0.481 e. The number of carboxylic acids is 2. The van der Waals surface area contributed by atoms with Crippen LogP contribution in [0.2, 0.25) is 0 Å². The van der Waals surface area contributed by atoms with E-state index in [1.165, 1.54) is 0 Å². The molecular weight excluding hydrogens is 438 g/mol. The van der Waals surface area contributed by atoms with Crippen molar-refractivity contribution in [3.05, 3.63) is 0 Å². The summed E-state index contributed by atoms with van der Waals surface area (Å²) in [6, 6.07) is -3.66. The van der Waals surface area contributed by atoms with Crippen molar-refractivity contribution in [1.29, 1.82) is 0 Å². The first-order valence-electron chi connectivity index (χ1n) is 10.5. The lowest BCUT2D eigenvalue weighted by Gasteiger charge is -2.26. The van der Waals surface area contributed by atoms with Crippen LogP contribution in [-0.4, -0.2) is 77.0 Å². The third-order valence-electron chi connectivity index (χ3n) is 4.84. The Labute approximate surface area is 191 Å². The van der Waals surface area contributed by atoms with Crippen molar-refractivity contribution in [1.82, 2.24) is 16.0 Å². The van der Waals surface area contributed by atoms with Crippen LogP contribution in [0.3, 0.4) is 0 Å². The van der Waals surface area contributed by atoms with Crippen LogP contribution in [0.5, 0.6) is 0 Å². The predicted octanol–water partition coefficient (Wildman–Crippen LogP) is -2.55. The van der Waals surface area contributed by atoms with Gasteiger partial charge in [-0.15, -0.1) is 0 Å². The van der Waals surface area contributed by atoms with Crippen LogP contribution in [0, 0.1) is 5.92 Å². The van der Waals surface area contributed by atoms with Crippen LogP contribution in [-0.2, 0) is 24.0 Å². The Morgan fingerprint density at radius 2 is 1.52 bits per heavy atom. The molecule has 0 saturated heterocycles. The van der Waals surface area contributed by atoms with E-state index in [1.807, 2.05) is 0 Å². The summed E-state index contributed by atoms with van der Waals surface area (Å²) in [5.74, 6) is -5.23. The van der Waals surface area contributed by atoms with Crippen LogP contribution >= 0.6 is 0 Å². The number of carboxylic acid groups (broad SMARTS) is 2. The minimum absolute atomic E-state index is 0.103. The molecule has 14 nitrogen and oxygen atoms in total. The number of nitrogens with zero attached hydrogens (tertiary/aromatic N) is 1. The van der Waals surface area contributed by atoms with Crippen molar-refractivity contribution in [3.8, 4) is 0 Å². The number of guanidine groups is 1. The number of rotatable bonds is 16. The smallest absolute Gasteiger partial charge is 0.326 e. The van der Waals surface area contributed by atoms with Gasteiger partial charge in [-0.3, -0.25) is 24.2 Å². The van der Waals surface area contributed by atoms with E-state index in [0.717, 1.165) is 0 Å². The zero-order valence-corrected chi connectivity index (χ0v) is 18.9. The van der Waals surface area contributed by atoms with E-state index in [2.05, 4.69) is 20.9 Å². The van der Waals surface area contributed by atoms with E-state index in [0.29, 0.717) is 12.8 Å². The molecule has 0 aromatic carbocycles. The van der Waals surface area contributed by atoms with Gasteiger partial charge < -0.3 is 43.4 Å². The van der Waals surface area contributed by atoms with Gasteiger partial charge in [-0.1, -0.05) is 20.3 Å². The van der Waals surface area contributed by atoms with Crippen molar-refractivity contribution >= 4 is 35.6 Å². The monoisotopic (exact) mass is 473 g/mol. The predicted molar refractivity (Wildman–Crippen MR) is 119 cm³/mol. The standard InChI is InChI=1S/C19H35N7O7/c1-3-10(2)15(18(32)33)26-17(31)12(6-7-14(28)29)25-16(30)11(24-13(27)9-20)5-4-8-23-19(21)22/h10-12,15H,3-9,20H2,1-2H3,(H,24,27)(H,25,30)(H,26,31)(H,28,29)(H,32,33)(H4,21,22,23). The van der Waals surface area contributed by atoms with Crippen LogP contribution in [0.25, 0.3) is 0 Å². The van der Waals surface area contributed by atoms with E-state index < -0.39 is 60.1 Å². The first-order chi connectivity index (χ1) is 15.4. The van der Waals surface area contributed by atoms with Gasteiger partial charge in [-0.05, 0) is 25.2 Å². The van der Waals surface area contributed by atoms with E-state index in [4.69, 9.17) is 22.3 Å². The number of carbonyl (C=O) groups excluding carboxylic acids is 3. The second-order valence-electron chi connectivity index (χ2n) is 7.48. The molecule has 4 atom stereocenters. The molecule has 0 heterocycles. The molecule has 0 aromatic rings. The van der Waals surface area contributed by atoms with Crippen molar-refractivity contribution in [2.24, 2.45) is 28.1 Å². The largest absolute Gasteiger partial charge is 0.481 e. The van der Waals surface area contributed by atoms with Gasteiger partial charge in [0.05, 0.1) is 6.54 Å². The summed E-state index contributed by atoms with van der Waals surface area (Å²) in [7, 11) is 0. The topological polar surface area (TPSA) is 252 Å². The molecule has 0 radical (unpaired) electrons. The molecule has 0 rings (SSSR count). The molecule has 0 bridgehead atoms. The number of nitrogens with two attached hydrogens (primary N) is 3. The maximum absolute atomic E-state index is 12.8. The fourth-order valence-corrected chi connectivity index (χ4v) is 2.77. The zero-order chi connectivity index (χ0) is 25.6. The molecule has 3 amide bonds. The van der Waals surface area contributed by atoms with Crippen molar-refractivity contribution in [3.63, 3.8) is 0 Å². The maximum atomic E-state index is 12.8. The van der Waals surface area contributed by atoms with Gasteiger partial charge in [0.2, 0.25) is 17.7 Å². The summed E-state index contributed by atoms with van der Waals surface area (Å²) in [6.07, 6.45) is 0.135. The quantitative estimate of drug-likeness (QED) is 0.0661. The molecule has 4 unspecified atom stereocenters. The maximum Gasteiger partial charge on any atom is 0.326 e. The van der Waals surface area contributed by atoms with E-state index in [-0.39, 0.29) is 31.9 Å². The highest BCUT2D eigenvalue weighted by Crippen LogP contribution is 2.10. The molecule has 11 N–H and O–H groups in total. The van der Waals surface area contributed by atoms with Gasteiger partial charge >= 0.3 is 11.9 Å². The van der Waals surface area contributed by atoms with Crippen LogP contribution < -0.4 is 33.2 Å². The van der Waals surface area contributed by atoms with Crippen molar-refractivity contribution in [2.45, 2.75) is 64.1 Å². The molecule has 0 fully saturated rings. The third-order valence-corrected chi connectivity index (χ3v) is 4.84. The van der Waals surface area contributed by atoms with E-state index >= 15 is 0 Å². The summed E-state index contributed by atoms with van der Waals surface area (Å²) >= 11 is 0. The van der Waals surface area contributed by atoms with Gasteiger partial charge in [0, 0.05) is 13.0 Å². The summed E-state index contributed by atoms with van der Waals surface area (Å²) < 4.78 is 0. The summed E-state index contributed by atoms with van der Waals surface area (Å²) in [4.78, 5) is 63.6. The lowest BCUT2D eigenvalue weighted by atomic mass is 9.98. The van der Waals surface area contributed by atoms with Gasteiger partial charge in [0.1, 0.15) is 18.1 Å². The number of hydrogen-bond donors (Lipinski definition) is 8. The fraction of sp³-hybridized carbons (Fsp3) is 0.684. The first-order valence-corrected chi connectivity index (χ1v) is 10.5. The Balaban J connectivity index is 5.50. The lowest BCUT2D eigenvalue weighted by molar-refractivity contribution is -0.144. The number of nitrogens with one attached hydrogen (secondary N) is 3. The van der Waals surface area contributed by atoms with Crippen LogP contribution in [0.1, 0.15) is 46.0 Å². The molecule has 0 aliphatic carbocycles. The lowest BCUT2D eigenvalue weighted by Crippen LogP contribution is -2.57. The molecule has 0 aliphatic rings. The Hall–Kier alpha value is -3.42. The Kier molecular flexibility index (Phi) is 13.8. The van der Waals surface area contributed by atoms with Gasteiger partial charge in [0.15, 0.2) is 5.96 Å². The number of carbonyl (C=O) groups is 5. The summed E-state index contributed by atoms with van der Waals surface area (Å²) in [5.41, 5.74) is 15.8. The SMILES string of the molecule is CCC(C)C(NC(=O)C(CCC(=O)O)NC(=O)C(CCCN=C(N)N)NC(=O)CN)C(=O)O. The zero-order valence-electron chi connectivity index (χ0n) is 18.9. The second kappa shape index (κ2) is 15.4. The second-order valence-corrected chi connectivity index (χ2v) is 7.48. The fourth-order valence-electron chi connectivity index (χ4n) is 2.77. The first kappa shape index (κ1) is 29.6. The van der Waals surface area contributed by atoms with Gasteiger partial charge in [-0.25, -0.2) is 4.79 Å². The number of hydrogen-bond acceptors (Lipinski definition) is 7. The molecule has 0 spiro atoms. The average Bonchev–Trinajstić information content (AvgIpc) is 2.75. The van der Waals surface area contributed by atoms with Crippen LogP contribution in [0.15, 0.2) is 4.99 Å². The van der Waals surface area contributed by atoms with Crippen LogP contribution in [0.4, 0.5) is 0 Å². The number of aliphatic carboxylic acids is 2. The third kappa shape index (κ3) is 12.3. The molecule has 0 saturated carbocycles. The molecule has 188 valence electrons. The number of aliphatic imine (C=N–C) groups is 1. The molecule has 0 aliphatic heterocycles. The van der Waals surface area contributed by atoms with E-state index in [1.54, 1.807) is 13.8 Å². The molecule has 14 heteroatoms. The Bertz CT molecular complexity index is 725. The normalized spacial score (nSPS) is 14.2. The Morgan fingerprint density at radius 3 is 2.00 bits per heavy atom. The number of amides is 3. The highest BCUT2D eigenvalue weighted by atomic mass is 16.4. The van der Waals surface area contributed by atoms with Gasteiger partial charge in [0.25, 0.3) is 0 Å². The average molecular weight is 474 g/mol. The summed E-state index contributed by atoms with van der Waals surface area (Å²) in [5, 5.41) is 25.6. The highest BCUT2D eigenvalue weighted by molar-refractivity contribution is 5.93. The van der Waals surface area contributed by atoms with Crippen molar-refractivity contribution in [2.75, 3.05) is 13.1 Å².